The highest BCUT2D eigenvalue weighted by atomic mass is 32.2. The van der Waals surface area contributed by atoms with Crippen molar-refractivity contribution in [3.05, 3.63) is 95.1 Å². The normalized spacial score (nSPS) is 17.9. The number of carbonyl (C=O) groups is 1. The van der Waals surface area contributed by atoms with Crippen LogP contribution < -0.4 is 4.90 Å². The average molecular weight is 401 g/mol. The van der Waals surface area contributed by atoms with Crippen LogP contribution in [0.3, 0.4) is 0 Å². The molecule has 0 saturated carbocycles. The first kappa shape index (κ1) is 19.5. The number of anilines is 1. The highest BCUT2D eigenvalue weighted by Crippen LogP contribution is 2.35. The average Bonchev–Trinajstić information content (AvgIpc) is 3.01. The molecule has 1 saturated heterocycles. The molecule has 1 heterocycles. The van der Waals surface area contributed by atoms with Crippen LogP contribution in [-0.4, -0.2) is 16.3 Å². The zero-order valence-corrected chi connectivity index (χ0v) is 17.7. The number of amidine groups is 1. The zero-order valence-electron chi connectivity index (χ0n) is 16.9. The lowest BCUT2D eigenvalue weighted by Gasteiger charge is -2.17. The number of hydrogen-bond acceptors (Lipinski definition) is 3. The van der Waals surface area contributed by atoms with Gasteiger partial charge in [-0.15, -0.1) is 0 Å². The van der Waals surface area contributed by atoms with Gasteiger partial charge in [-0.25, -0.2) is 4.99 Å². The molecule has 4 heteroatoms. The smallest absolute Gasteiger partial charge is 0.247 e. The van der Waals surface area contributed by atoms with E-state index in [1.54, 1.807) is 16.7 Å². The van der Waals surface area contributed by atoms with E-state index in [0.717, 1.165) is 16.5 Å². The van der Waals surface area contributed by atoms with Crippen LogP contribution in [0.1, 0.15) is 22.3 Å². The molecule has 0 N–H and O–H groups in total. The van der Waals surface area contributed by atoms with E-state index in [1.807, 2.05) is 55.5 Å². The van der Waals surface area contributed by atoms with Gasteiger partial charge in [-0.2, -0.15) is 0 Å². The molecule has 1 aliphatic rings. The summed E-state index contributed by atoms with van der Waals surface area (Å²) in [5.41, 5.74) is 6.48. The Morgan fingerprint density at radius 2 is 1.31 bits per heavy atom. The van der Waals surface area contributed by atoms with Crippen molar-refractivity contribution in [3.8, 4) is 0 Å². The van der Waals surface area contributed by atoms with Gasteiger partial charge in [0.05, 0.1) is 16.6 Å². The maximum Gasteiger partial charge on any atom is 0.247 e. The maximum absolute atomic E-state index is 13.3. The Bertz CT molecular complexity index is 1040. The van der Waals surface area contributed by atoms with Crippen LogP contribution in [0.25, 0.3) is 0 Å². The number of thioether (sulfide) groups is 1. The number of aliphatic imine (C=N–C) groups is 1. The molecule has 1 fully saturated rings. The van der Waals surface area contributed by atoms with Gasteiger partial charge in [0.1, 0.15) is 0 Å². The monoisotopic (exact) mass is 400 g/mol. The Balaban J connectivity index is 1.68. The van der Waals surface area contributed by atoms with Crippen LogP contribution in [-0.2, 0) is 11.2 Å². The van der Waals surface area contributed by atoms with Crippen molar-refractivity contribution in [1.82, 2.24) is 0 Å². The summed E-state index contributed by atoms with van der Waals surface area (Å²) in [6, 6.07) is 24.5. The number of aryl methyl sites for hydroxylation is 3. The summed E-state index contributed by atoms with van der Waals surface area (Å²) in [4.78, 5) is 19.9. The SMILES string of the molecule is Cc1ccc(C[C@H]2SC(=Nc3ccc(C)cc3)N(c3ccc(C)cc3)C2=O)cc1. The van der Waals surface area contributed by atoms with E-state index in [9.17, 15) is 4.79 Å². The summed E-state index contributed by atoms with van der Waals surface area (Å²) < 4.78 is 0. The molecule has 3 nitrogen and oxygen atoms in total. The molecule has 3 aromatic rings. The molecule has 3 aromatic carbocycles. The van der Waals surface area contributed by atoms with Crippen LogP contribution in [0.2, 0.25) is 0 Å². The maximum atomic E-state index is 13.3. The Morgan fingerprint density at radius 1 is 0.793 bits per heavy atom. The number of hydrogen-bond donors (Lipinski definition) is 0. The largest absolute Gasteiger partial charge is 0.273 e. The minimum Gasteiger partial charge on any atom is -0.273 e. The molecule has 0 aromatic heterocycles. The summed E-state index contributed by atoms with van der Waals surface area (Å²) in [7, 11) is 0. The van der Waals surface area contributed by atoms with Gasteiger partial charge in [0.2, 0.25) is 5.91 Å². The highest BCUT2D eigenvalue weighted by molar-refractivity contribution is 8.16. The van der Waals surface area contributed by atoms with Crippen molar-refractivity contribution in [3.63, 3.8) is 0 Å². The molecule has 0 bridgehead atoms. The van der Waals surface area contributed by atoms with Crippen molar-refractivity contribution in [2.24, 2.45) is 4.99 Å². The lowest BCUT2D eigenvalue weighted by molar-refractivity contribution is -0.116. The molecule has 146 valence electrons. The summed E-state index contributed by atoms with van der Waals surface area (Å²) in [5.74, 6) is 0.0882. The standard InChI is InChI=1S/C25H24N2OS/c1-17-4-10-20(11-5-17)16-23-24(28)27(22-14-8-19(3)9-15-22)25(29-23)26-21-12-6-18(2)7-13-21/h4-15,23H,16H2,1-3H3/t23-/m1/s1. The minimum absolute atomic E-state index is 0.0882. The fourth-order valence-corrected chi connectivity index (χ4v) is 4.47. The number of amides is 1. The molecule has 1 aliphatic heterocycles. The summed E-state index contributed by atoms with van der Waals surface area (Å²) in [6.45, 7) is 6.18. The molecular weight excluding hydrogens is 376 g/mol. The van der Waals surface area contributed by atoms with Gasteiger partial charge in [-0.05, 0) is 57.0 Å². The van der Waals surface area contributed by atoms with Crippen LogP contribution in [0, 0.1) is 20.8 Å². The predicted molar refractivity (Wildman–Crippen MR) is 123 cm³/mol. The van der Waals surface area contributed by atoms with Crippen LogP contribution in [0.15, 0.2) is 77.8 Å². The summed E-state index contributed by atoms with van der Waals surface area (Å²) >= 11 is 1.55. The number of carbonyl (C=O) groups excluding carboxylic acids is 1. The molecule has 4 rings (SSSR count). The van der Waals surface area contributed by atoms with Gasteiger partial charge < -0.3 is 0 Å². The Hall–Kier alpha value is -2.85. The van der Waals surface area contributed by atoms with Crippen LogP contribution in [0.4, 0.5) is 11.4 Å². The van der Waals surface area contributed by atoms with Crippen molar-refractivity contribution in [1.29, 1.82) is 0 Å². The first-order valence-electron chi connectivity index (χ1n) is 9.78. The lowest BCUT2D eigenvalue weighted by Crippen LogP contribution is -2.32. The van der Waals surface area contributed by atoms with Crippen molar-refractivity contribution in [2.75, 3.05) is 4.90 Å². The predicted octanol–water partition coefficient (Wildman–Crippen LogP) is 5.99. The molecular formula is C25H24N2OS. The van der Waals surface area contributed by atoms with Gasteiger partial charge in [0.15, 0.2) is 5.17 Å². The number of nitrogens with zero attached hydrogens (tertiary/aromatic N) is 2. The third-order valence-electron chi connectivity index (χ3n) is 5.03. The lowest BCUT2D eigenvalue weighted by atomic mass is 10.1. The zero-order chi connectivity index (χ0) is 20.4. The second kappa shape index (κ2) is 8.26. The highest BCUT2D eigenvalue weighted by Gasteiger charge is 2.39. The van der Waals surface area contributed by atoms with Crippen LogP contribution >= 0.6 is 11.8 Å². The molecule has 29 heavy (non-hydrogen) atoms. The van der Waals surface area contributed by atoms with Gasteiger partial charge in [0.25, 0.3) is 0 Å². The molecule has 0 aliphatic carbocycles. The van der Waals surface area contributed by atoms with E-state index in [0.29, 0.717) is 6.42 Å². The summed E-state index contributed by atoms with van der Waals surface area (Å²) in [6.07, 6.45) is 0.694. The van der Waals surface area contributed by atoms with E-state index in [-0.39, 0.29) is 11.2 Å². The first-order valence-corrected chi connectivity index (χ1v) is 10.7. The minimum atomic E-state index is -0.178. The van der Waals surface area contributed by atoms with Crippen LogP contribution in [0.5, 0.6) is 0 Å². The molecule has 1 amide bonds. The quantitative estimate of drug-likeness (QED) is 0.539. The van der Waals surface area contributed by atoms with Gasteiger partial charge in [0, 0.05) is 0 Å². The fourth-order valence-electron chi connectivity index (χ4n) is 3.27. The van der Waals surface area contributed by atoms with E-state index >= 15 is 0 Å². The van der Waals surface area contributed by atoms with Crippen molar-refractivity contribution in [2.45, 2.75) is 32.4 Å². The van der Waals surface area contributed by atoms with Crippen molar-refractivity contribution < 1.29 is 4.79 Å². The van der Waals surface area contributed by atoms with Gasteiger partial charge in [-0.1, -0.05) is 77.0 Å². The molecule has 0 spiro atoms. The third-order valence-corrected chi connectivity index (χ3v) is 6.16. The van der Waals surface area contributed by atoms with E-state index < -0.39 is 0 Å². The Kier molecular flexibility index (Phi) is 5.54. The van der Waals surface area contributed by atoms with E-state index in [1.165, 1.54) is 22.3 Å². The molecule has 0 radical (unpaired) electrons. The second-order valence-electron chi connectivity index (χ2n) is 7.54. The summed E-state index contributed by atoms with van der Waals surface area (Å²) in [5, 5.41) is 0.558. The molecule has 1 atom stereocenters. The van der Waals surface area contributed by atoms with Gasteiger partial charge in [-0.3, -0.25) is 9.69 Å². The second-order valence-corrected chi connectivity index (χ2v) is 8.71. The fraction of sp³-hybridized carbons (Fsp3) is 0.200. The number of benzene rings is 3. The van der Waals surface area contributed by atoms with E-state index in [4.69, 9.17) is 4.99 Å². The first-order chi connectivity index (χ1) is 14.0. The number of rotatable bonds is 4. The molecule has 0 unspecified atom stereocenters. The topological polar surface area (TPSA) is 32.7 Å². The van der Waals surface area contributed by atoms with Crippen molar-refractivity contribution >= 4 is 34.2 Å². The Labute approximate surface area is 176 Å². The van der Waals surface area contributed by atoms with E-state index in [2.05, 4.69) is 38.1 Å². The van der Waals surface area contributed by atoms with Gasteiger partial charge >= 0.3 is 0 Å². The third kappa shape index (κ3) is 4.43. The Morgan fingerprint density at radius 3 is 1.90 bits per heavy atom.